The second-order valence-corrected chi connectivity index (χ2v) is 41.5. The van der Waals surface area contributed by atoms with Gasteiger partial charge in [0.15, 0.2) is 11.6 Å². The van der Waals surface area contributed by atoms with Crippen LogP contribution in [0.4, 0.5) is 54.5 Å². The fraction of sp³-hybridized carbons (Fsp3) is 0.455. The van der Waals surface area contributed by atoms with Crippen LogP contribution >= 0.6 is 45.3 Å². The van der Waals surface area contributed by atoms with E-state index in [1.165, 1.54) is 68.2 Å². The number of hydrogen-bond acceptors (Lipinski definition) is 32. The van der Waals surface area contributed by atoms with Crippen LogP contribution in [0, 0.1) is 78.9 Å². The third-order valence-corrected chi connectivity index (χ3v) is 31.7. The fourth-order valence-corrected chi connectivity index (χ4v) is 24.9. The van der Waals surface area contributed by atoms with E-state index in [2.05, 4.69) is 97.3 Å². The zero-order valence-corrected chi connectivity index (χ0v) is 82.5. The van der Waals surface area contributed by atoms with Gasteiger partial charge in [-0.2, -0.15) is 0 Å². The van der Waals surface area contributed by atoms with Crippen molar-refractivity contribution in [1.29, 1.82) is 0 Å². The second-order valence-electron chi connectivity index (χ2n) is 37.5. The van der Waals surface area contributed by atoms with Crippen molar-refractivity contribution in [3.8, 4) is 11.5 Å². The van der Waals surface area contributed by atoms with E-state index in [0.29, 0.717) is 124 Å². The van der Waals surface area contributed by atoms with Crippen LogP contribution in [-0.4, -0.2) is 221 Å². The lowest BCUT2D eigenvalue weighted by molar-refractivity contribution is 0.0680. The van der Waals surface area contributed by atoms with E-state index >= 15 is 8.78 Å². The van der Waals surface area contributed by atoms with Crippen LogP contribution in [0.5, 0.6) is 11.5 Å². The van der Waals surface area contributed by atoms with E-state index in [1.807, 2.05) is 92.8 Å². The molecule has 20 N–H and O–H groups in total. The number of methoxy groups -OCH3 is 3. The molecule has 9 aromatic heterocycles. The summed E-state index contributed by atoms with van der Waals surface area (Å²) in [6, 6.07) is 21.3. The molecule has 726 valence electrons. The zero-order valence-electron chi connectivity index (χ0n) is 79.3. The van der Waals surface area contributed by atoms with Crippen molar-refractivity contribution < 1.29 is 56.4 Å². The van der Waals surface area contributed by atoms with Crippen LogP contribution in [-0.2, 0) is 57.5 Å². The largest absolute Gasteiger partial charge is 0.491 e. The van der Waals surface area contributed by atoms with Gasteiger partial charge < -0.3 is 115 Å². The number of anilines is 8. The topological polar surface area (TPSA) is 470 Å². The van der Waals surface area contributed by atoms with Crippen LogP contribution in [0.15, 0.2) is 72.9 Å². The summed E-state index contributed by atoms with van der Waals surface area (Å²) in [5.74, 6) is -0.219. The van der Waals surface area contributed by atoms with Crippen LogP contribution in [0.25, 0.3) is 40.9 Å². The predicted octanol–water partition coefficient (Wildman–Crippen LogP) is 10.6. The summed E-state index contributed by atoms with van der Waals surface area (Å²) in [5.41, 5.74) is 68.2. The number of pyridine rings is 4. The molecule has 4 fully saturated rings. The number of nitrogens with two attached hydrogens (primary N) is 8. The van der Waals surface area contributed by atoms with Gasteiger partial charge >= 0.3 is 0 Å². The monoisotopic (exact) mass is 1940 g/mol. The van der Waals surface area contributed by atoms with E-state index < -0.39 is 23.6 Å². The molecule has 0 unspecified atom stereocenters. The first-order valence-corrected chi connectivity index (χ1v) is 49.8. The molecule has 20 rings (SSSR count). The Kier molecular flexibility index (Phi) is 29.1. The highest BCUT2D eigenvalue weighted by Gasteiger charge is 2.40. The molecule has 2 aliphatic carbocycles. The minimum atomic E-state index is -0.618. The van der Waals surface area contributed by atoms with Crippen molar-refractivity contribution in [2.45, 2.75) is 174 Å². The number of carbonyl (C=O) groups is 4. The molecule has 3 aromatic carbocycles. The molecule has 0 bridgehead atoms. The number of benzene rings is 3. The van der Waals surface area contributed by atoms with Crippen molar-refractivity contribution in [2.24, 2.45) is 34.8 Å². The van der Waals surface area contributed by atoms with Gasteiger partial charge in [0.2, 0.25) is 5.95 Å². The third kappa shape index (κ3) is 20.5. The number of thiophene rings is 4. The fourth-order valence-electron chi connectivity index (χ4n) is 20.4. The molecule has 15 heterocycles. The molecule has 12 aromatic rings. The first-order chi connectivity index (χ1) is 65.7. The normalized spacial score (nSPS) is 22.1. The Morgan fingerprint density at radius 1 is 0.460 bits per heavy atom. The maximum absolute atomic E-state index is 15.4. The lowest BCUT2D eigenvalue weighted by Gasteiger charge is -2.29. The van der Waals surface area contributed by atoms with E-state index in [9.17, 15) is 19.2 Å². The summed E-state index contributed by atoms with van der Waals surface area (Å²) in [6.45, 7) is 25.5. The van der Waals surface area contributed by atoms with Crippen LogP contribution in [0.1, 0.15) is 137 Å². The van der Waals surface area contributed by atoms with E-state index in [4.69, 9.17) is 79.3 Å². The molecule has 0 radical (unpaired) electrons. The Morgan fingerprint density at radius 2 is 0.883 bits per heavy atom. The molecular formula is C99H122F2N22O10S4. The lowest BCUT2D eigenvalue weighted by atomic mass is 9.87. The van der Waals surface area contributed by atoms with Crippen molar-refractivity contribution in [3.63, 3.8) is 0 Å². The van der Waals surface area contributed by atoms with Gasteiger partial charge in [-0.1, -0.05) is 12.1 Å². The minimum Gasteiger partial charge on any atom is -0.491 e. The van der Waals surface area contributed by atoms with E-state index in [-0.39, 0.29) is 108 Å². The number of amides is 4. The second kappa shape index (κ2) is 41.0. The number of halogens is 2. The first kappa shape index (κ1) is 97.3. The predicted molar refractivity (Wildman–Crippen MR) is 540 cm³/mol. The Balaban J connectivity index is 0.000000127. The van der Waals surface area contributed by atoms with Gasteiger partial charge in [-0.3, -0.25) is 19.2 Å². The minimum absolute atomic E-state index is 0.00551. The van der Waals surface area contributed by atoms with Gasteiger partial charge in [0, 0.05) is 208 Å². The molecule has 0 spiro atoms. The van der Waals surface area contributed by atoms with Gasteiger partial charge in [-0.05, 0) is 194 Å². The highest BCUT2D eigenvalue weighted by Crippen LogP contribution is 2.44. The Hall–Kier alpha value is -11.4. The van der Waals surface area contributed by atoms with Gasteiger partial charge in [0.25, 0.3) is 23.6 Å². The number of fused-ring (bicyclic) bond motifs is 8. The number of aromatic nitrogens is 6. The molecule has 8 aliphatic rings. The maximum atomic E-state index is 15.4. The summed E-state index contributed by atoms with van der Waals surface area (Å²) >= 11 is 5.29. The van der Waals surface area contributed by atoms with Gasteiger partial charge in [0.05, 0.1) is 78.0 Å². The number of hydrogen-bond donors (Lipinski definition) is 12. The average Bonchev–Trinajstić information content (AvgIpc) is 1.72. The number of nitrogens with zero attached hydrogens (tertiary/aromatic N) is 10. The third-order valence-electron chi connectivity index (χ3n) is 27.3. The maximum Gasteiger partial charge on any atom is 0.263 e. The summed E-state index contributed by atoms with van der Waals surface area (Å²) in [7, 11) is 4.98. The Labute approximate surface area is 810 Å². The smallest absolute Gasteiger partial charge is 0.263 e. The van der Waals surface area contributed by atoms with E-state index in [0.717, 1.165) is 168 Å². The Morgan fingerprint density at radius 3 is 1.39 bits per heavy atom. The molecular weight excluding hydrogens is 1820 g/mol. The number of rotatable bonds is 19. The summed E-state index contributed by atoms with van der Waals surface area (Å²) in [4.78, 5) is 93.3. The van der Waals surface area contributed by atoms with E-state index in [1.54, 1.807) is 26.2 Å². The number of carbonyl (C=O) groups excluding carboxylic acids is 4. The van der Waals surface area contributed by atoms with Crippen LogP contribution in [0.2, 0.25) is 0 Å². The molecule has 137 heavy (non-hydrogen) atoms. The number of ether oxygens (including phenoxy) is 6. The molecule has 4 amide bonds. The first-order valence-electron chi connectivity index (χ1n) is 46.6. The quantitative estimate of drug-likeness (QED) is 0.0358. The molecule has 32 nitrogen and oxygen atoms in total. The van der Waals surface area contributed by atoms with Crippen LogP contribution < -0.4 is 96.2 Å². The molecule has 12 atom stereocenters. The van der Waals surface area contributed by atoms with Gasteiger partial charge in [0.1, 0.15) is 63.6 Å². The summed E-state index contributed by atoms with van der Waals surface area (Å²) in [5, 5.41) is 15.8. The van der Waals surface area contributed by atoms with Crippen molar-refractivity contribution in [1.82, 2.24) is 51.2 Å². The number of aryl methyl sites for hydroxylation is 10. The van der Waals surface area contributed by atoms with Crippen molar-refractivity contribution >= 4 is 156 Å². The standard InChI is InChI=1S/C26H33N5O2S.C25H29F2N5O3S.C25H31N5O3S.C23H29N7O2S/c1-4-33-21-13-31(12-20(21)27)19-8-6-16-10-18(7-5-17(16)11-19)30-25(32)24-23(28)22-14(2)9-15(3)29-26(22)34-24;1-11-4-12(2)30-25-19(11)21(29)23(36-25)24(33)31-14-5-15-16(26)6-18(20(27)22(15)35-10-14)32-7-13(9-34-3)17(28)8-32;1-13-6-14(2)28-25-21(13)22(27)23(34-25)24(31)29-17-7-15-4-5-18(8-20(15)33-12-17)30-9-16(11-32-3)19(26)10-30;1-11-6-12(2)27-22-18(11)19(25)20(33-22)21(31)28-14-4-5-16-13(7-14)8-26-23(29-16)30-9-15(24)17(10-30)32-3/h6,8-9,11,18,20-21H,4-5,7,10,12-13,27-28H2,1-3H3,(H,30,32);4,6,13-14,17H,5,7-10,28-29H2,1-3H3,(H,31,33);4-6,8,16-17,19H,7,9-12,26-27H2,1-3H3,(H,29,31);6,8,14-15,17H,4-5,7,9-10,24-25H2,1-3H3,(H,28,31)/t18-,20-,21+;13-,14+,17-;16-,17-,19-;14-,15+,17+/m0011/s1. The lowest BCUT2D eigenvalue weighted by Crippen LogP contribution is -2.43. The molecule has 38 heteroatoms. The van der Waals surface area contributed by atoms with Gasteiger partial charge in [-0.25, -0.2) is 38.7 Å². The van der Waals surface area contributed by atoms with Crippen LogP contribution in [0.3, 0.4) is 0 Å². The van der Waals surface area contributed by atoms with Crippen molar-refractivity contribution in [2.75, 3.05) is 149 Å². The Bertz CT molecular complexity index is 6420. The average molecular weight is 1950 g/mol. The number of nitrogen functional groups attached to an aromatic ring is 4. The summed E-state index contributed by atoms with van der Waals surface area (Å²) < 4.78 is 64.0. The summed E-state index contributed by atoms with van der Waals surface area (Å²) in [6.07, 6.45) is 7.72. The van der Waals surface area contributed by atoms with Crippen molar-refractivity contribution in [3.05, 3.63) is 183 Å². The van der Waals surface area contributed by atoms with Gasteiger partial charge in [-0.15, -0.1) is 45.3 Å². The number of nitrogens with one attached hydrogen (secondary N) is 4. The molecule has 6 aliphatic heterocycles. The highest BCUT2D eigenvalue weighted by molar-refractivity contribution is 7.22. The highest BCUT2D eigenvalue weighted by atomic mass is 32.1. The molecule has 0 saturated carbocycles. The zero-order chi connectivity index (χ0) is 97.0. The molecule has 4 saturated heterocycles. The SMILES string of the molecule is CCO[C@@H]1CN(c2ccc3c(c2)CC[C@H](NC(=O)c2sc4nc(C)cc(C)c4c2N)C3)C[C@@H]1N.COC[C@@H]1CN(c2cc(F)c3c(c2F)OC[C@H](NC(=O)c2sc4nc(C)cc(C)c4c2N)C3)C[C@@H]1N.COC[C@H]1CN(c2ccc3c(c2)OC[C@H](NC(=O)c2sc4nc(C)cc(C)c4c2N)C3)C[C@H]1N.CO[C@H]1CN(c2ncc3c(n2)CC[C@@H](NC(=O)c2sc4nc(C)cc(C)c4c2N)C3)C[C@@H]1N.